The normalized spacial score (nSPS) is 12.9. The van der Waals surface area contributed by atoms with Crippen molar-refractivity contribution < 1.29 is 23.5 Å². The van der Waals surface area contributed by atoms with E-state index in [1.165, 1.54) is 7.11 Å². The third kappa shape index (κ3) is 3.03. The molecule has 4 aromatic rings. The minimum Gasteiger partial charge on any atom is -0.494 e. The van der Waals surface area contributed by atoms with Gasteiger partial charge < -0.3 is 14.5 Å². The number of rotatable bonds is 4. The average molecular weight is 412 g/mol. The van der Waals surface area contributed by atoms with Gasteiger partial charge in [0.05, 0.1) is 23.9 Å². The molecule has 0 radical (unpaired) electrons. The summed E-state index contributed by atoms with van der Waals surface area (Å²) in [6.45, 7) is 0. The van der Waals surface area contributed by atoms with Crippen LogP contribution in [-0.2, 0) is 0 Å². The summed E-state index contributed by atoms with van der Waals surface area (Å²) >= 11 is 0. The molecule has 152 valence electrons. The van der Waals surface area contributed by atoms with Gasteiger partial charge in [-0.15, -0.1) is 0 Å². The van der Waals surface area contributed by atoms with Crippen LogP contribution in [0.15, 0.2) is 77.2 Å². The van der Waals surface area contributed by atoms with Gasteiger partial charge in [0.15, 0.2) is 5.76 Å². The lowest BCUT2D eigenvalue weighted by Crippen LogP contribution is -2.29. The van der Waals surface area contributed by atoms with E-state index in [1.807, 2.05) is 18.2 Å². The number of para-hydroxylation sites is 1. The van der Waals surface area contributed by atoms with Crippen molar-refractivity contribution in [2.24, 2.45) is 0 Å². The molecule has 0 unspecified atom stereocenters. The van der Waals surface area contributed by atoms with Gasteiger partial charge in [0.1, 0.15) is 11.3 Å². The summed E-state index contributed by atoms with van der Waals surface area (Å²) in [6.07, 6.45) is 0. The second-order valence-corrected chi connectivity index (χ2v) is 6.98. The fraction of sp³-hybridized carbons (Fsp3) is 0.0417. The van der Waals surface area contributed by atoms with Crippen LogP contribution in [0, 0.1) is 0 Å². The minimum absolute atomic E-state index is 0.171. The fourth-order valence-electron chi connectivity index (χ4n) is 3.63. The molecule has 3 aromatic carbocycles. The van der Waals surface area contributed by atoms with Gasteiger partial charge >= 0.3 is 0 Å². The van der Waals surface area contributed by atoms with E-state index in [1.54, 1.807) is 54.6 Å². The Labute approximate surface area is 176 Å². The maximum atomic E-state index is 12.8. The molecule has 1 aliphatic rings. The number of methoxy groups -OCH3 is 1. The summed E-state index contributed by atoms with van der Waals surface area (Å²) in [4.78, 5) is 39.2. The average Bonchev–Trinajstić information content (AvgIpc) is 3.34. The van der Waals surface area contributed by atoms with Crippen LogP contribution >= 0.6 is 0 Å². The van der Waals surface area contributed by atoms with Gasteiger partial charge in [-0.05, 0) is 36.4 Å². The van der Waals surface area contributed by atoms with Gasteiger partial charge in [-0.2, -0.15) is 0 Å². The van der Waals surface area contributed by atoms with Crippen LogP contribution in [0.3, 0.4) is 0 Å². The van der Waals surface area contributed by atoms with E-state index in [-0.39, 0.29) is 11.5 Å². The molecule has 1 aromatic heterocycles. The topological polar surface area (TPSA) is 88.8 Å². The van der Waals surface area contributed by atoms with Crippen LogP contribution in [-0.4, -0.2) is 24.8 Å². The van der Waals surface area contributed by atoms with Crippen molar-refractivity contribution in [1.82, 2.24) is 0 Å². The molecule has 2 heterocycles. The number of nitrogens with zero attached hydrogens (tertiary/aromatic N) is 1. The second kappa shape index (κ2) is 7.14. The molecular weight excluding hydrogens is 396 g/mol. The number of hydrogen-bond acceptors (Lipinski definition) is 5. The van der Waals surface area contributed by atoms with Crippen molar-refractivity contribution >= 4 is 40.1 Å². The van der Waals surface area contributed by atoms with Crippen molar-refractivity contribution in [3.05, 3.63) is 89.7 Å². The number of anilines is 2. The van der Waals surface area contributed by atoms with E-state index in [0.717, 1.165) is 10.3 Å². The first-order valence-corrected chi connectivity index (χ1v) is 9.52. The molecule has 31 heavy (non-hydrogen) atoms. The zero-order valence-corrected chi connectivity index (χ0v) is 16.4. The molecule has 5 rings (SSSR count). The number of carbonyl (C=O) groups excluding carboxylic acids is 3. The summed E-state index contributed by atoms with van der Waals surface area (Å²) in [5.74, 6) is -0.816. The number of amides is 3. The Morgan fingerprint density at radius 1 is 0.903 bits per heavy atom. The van der Waals surface area contributed by atoms with Crippen molar-refractivity contribution in [2.45, 2.75) is 0 Å². The monoisotopic (exact) mass is 412 g/mol. The number of furan rings is 1. The first kappa shape index (κ1) is 18.6. The van der Waals surface area contributed by atoms with Gasteiger partial charge in [0, 0.05) is 17.1 Å². The van der Waals surface area contributed by atoms with Crippen molar-refractivity contribution in [3.63, 3.8) is 0 Å². The first-order chi connectivity index (χ1) is 15.1. The molecule has 7 heteroatoms. The van der Waals surface area contributed by atoms with E-state index >= 15 is 0 Å². The Hall–Kier alpha value is -4.39. The Morgan fingerprint density at radius 2 is 1.58 bits per heavy atom. The predicted octanol–water partition coefficient (Wildman–Crippen LogP) is 4.49. The lowest BCUT2D eigenvalue weighted by Gasteiger charge is -2.18. The minimum atomic E-state index is -0.424. The number of fused-ring (bicyclic) bond motifs is 2. The molecule has 0 bridgehead atoms. The quantitative estimate of drug-likeness (QED) is 0.499. The van der Waals surface area contributed by atoms with E-state index in [9.17, 15) is 14.4 Å². The highest BCUT2D eigenvalue weighted by atomic mass is 16.5. The Kier molecular flexibility index (Phi) is 4.29. The van der Waals surface area contributed by atoms with Gasteiger partial charge in [-0.3, -0.25) is 14.4 Å². The fourth-order valence-corrected chi connectivity index (χ4v) is 3.63. The summed E-state index contributed by atoms with van der Waals surface area (Å²) in [6, 6.07) is 20.4. The molecule has 3 amide bonds. The van der Waals surface area contributed by atoms with Gasteiger partial charge in [0.2, 0.25) is 0 Å². The third-order valence-corrected chi connectivity index (χ3v) is 5.12. The largest absolute Gasteiger partial charge is 0.494 e. The Morgan fingerprint density at radius 3 is 2.26 bits per heavy atom. The van der Waals surface area contributed by atoms with Crippen molar-refractivity contribution in [2.75, 3.05) is 17.3 Å². The van der Waals surface area contributed by atoms with E-state index in [4.69, 9.17) is 9.15 Å². The van der Waals surface area contributed by atoms with E-state index < -0.39 is 17.7 Å². The highest BCUT2D eigenvalue weighted by Crippen LogP contribution is 2.36. The van der Waals surface area contributed by atoms with Crippen LogP contribution < -0.4 is 15.0 Å². The van der Waals surface area contributed by atoms with Crippen LogP contribution in [0.4, 0.5) is 11.4 Å². The molecule has 0 atom stereocenters. The molecule has 0 aliphatic carbocycles. The van der Waals surface area contributed by atoms with Crippen LogP contribution in [0.2, 0.25) is 0 Å². The van der Waals surface area contributed by atoms with E-state index in [2.05, 4.69) is 5.32 Å². The van der Waals surface area contributed by atoms with E-state index in [0.29, 0.717) is 28.1 Å². The first-order valence-electron chi connectivity index (χ1n) is 9.52. The molecular formula is C24H16N2O5. The van der Waals surface area contributed by atoms with Crippen LogP contribution in [0.5, 0.6) is 5.75 Å². The second-order valence-electron chi connectivity index (χ2n) is 6.98. The summed E-state index contributed by atoms with van der Waals surface area (Å²) in [5, 5.41) is 3.58. The number of imide groups is 1. The SMILES string of the molecule is COc1cc(NC(=O)c2cc3ccccc3o2)ccc1N1C(=O)c2ccccc2C1=O. The number of benzene rings is 3. The zero-order valence-electron chi connectivity index (χ0n) is 16.4. The lowest BCUT2D eigenvalue weighted by molar-refractivity contribution is 0.0923. The third-order valence-electron chi connectivity index (χ3n) is 5.12. The molecule has 0 fully saturated rings. The van der Waals surface area contributed by atoms with Crippen molar-refractivity contribution in [3.8, 4) is 5.75 Å². The van der Waals surface area contributed by atoms with Gasteiger partial charge in [0.25, 0.3) is 17.7 Å². The maximum absolute atomic E-state index is 12.8. The number of carbonyl (C=O) groups is 3. The maximum Gasteiger partial charge on any atom is 0.291 e. The molecule has 0 saturated heterocycles. The van der Waals surface area contributed by atoms with Gasteiger partial charge in [-0.1, -0.05) is 30.3 Å². The highest BCUT2D eigenvalue weighted by Gasteiger charge is 2.37. The molecule has 0 saturated carbocycles. The number of hydrogen-bond donors (Lipinski definition) is 1. The predicted molar refractivity (Wildman–Crippen MR) is 115 cm³/mol. The van der Waals surface area contributed by atoms with Crippen molar-refractivity contribution in [1.29, 1.82) is 0 Å². The molecule has 7 nitrogen and oxygen atoms in total. The Balaban J connectivity index is 1.44. The lowest BCUT2D eigenvalue weighted by atomic mass is 10.1. The molecule has 1 N–H and O–H groups in total. The summed E-state index contributed by atoms with van der Waals surface area (Å²) < 4.78 is 11.0. The number of ether oxygens (including phenoxy) is 1. The number of nitrogens with one attached hydrogen (secondary N) is 1. The van der Waals surface area contributed by atoms with Crippen LogP contribution in [0.25, 0.3) is 11.0 Å². The highest BCUT2D eigenvalue weighted by molar-refractivity contribution is 6.34. The standard InChI is InChI=1S/C24H16N2O5/c1-30-20-13-15(25-22(27)21-12-14-6-2-5-9-19(14)31-21)10-11-18(20)26-23(28)16-7-3-4-8-17(16)24(26)29/h2-13H,1H3,(H,25,27). The summed E-state index contributed by atoms with van der Waals surface area (Å²) in [5.41, 5.74) is 2.04. The van der Waals surface area contributed by atoms with Crippen LogP contribution in [0.1, 0.15) is 31.3 Å². The summed E-state index contributed by atoms with van der Waals surface area (Å²) in [7, 11) is 1.43. The smallest absolute Gasteiger partial charge is 0.291 e. The molecule has 1 aliphatic heterocycles. The Bertz CT molecular complexity index is 1300. The molecule has 0 spiro atoms. The van der Waals surface area contributed by atoms with Gasteiger partial charge in [-0.25, -0.2) is 4.90 Å². The zero-order chi connectivity index (χ0) is 21.5.